The maximum Gasteiger partial charge on any atom is 0.170 e. The van der Waals surface area contributed by atoms with E-state index in [1.807, 2.05) is 4.90 Å². The minimum absolute atomic E-state index is 0.221. The van der Waals surface area contributed by atoms with E-state index in [4.69, 9.17) is 5.73 Å². The average Bonchev–Trinajstić information content (AvgIpc) is 2.39. The third-order valence-corrected chi connectivity index (χ3v) is 3.71. The second-order valence-electron chi connectivity index (χ2n) is 5.50. The average molecular weight is 266 g/mol. The molecule has 0 bridgehead atoms. The summed E-state index contributed by atoms with van der Waals surface area (Å²) in [5, 5.41) is 0. The third kappa shape index (κ3) is 3.42. The second kappa shape index (κ2) is 6.30. The van der Waals surface area contributed by atoms with Crippen LogP contribution in [-0.2, 0) is 6.54 Å². The molecule has 0 radical (unpaired) electrons. The highest BCUT2D eigenvalue weighted by atomic mass is 19.1. The zero-order valence-corrected chi connectivity index (χ0v) is 11.8. The maximum absolute atomic E-state index is 14.2. The molecule has 106 valence electrons. The van der Waals surface area contributed by atoms with Crippen LogP contribution in [0.15, 0.2) is 12.3 Å². The summed E-state index contributed by atoms with van der Waals surface area (Å²) in [5.74, 6) is 0.911. The lowest BCUT2D eigenvalue weighted by atomic mass is 9.96. The Kier molecular flexibility index (Phi) is 4.71. The predicted molar refractivity (Wildman–Crippen MR) is 75.6 cm³/mol. The first-order valence-corrected chi connectivity index (χ1v) is 6.85. The quantitative estimate of drug-likeness (QED) is 0.896. The molecule has 2 rings (SSSR count). The van der Waals surface area contributed by atoms with Crippen LogP contribution < -0.4 is 10.6 Å². The minimum Gasteiger partial charge on any atom is -0.354 e. The summed E-state index contributed by atoms with van der Waals surface area (Å²) in [6.07, 6.45) is 3.82. The van der Waals surface area contributed by atoms with Gasteiger partial charge in [-0.2, -0.15) is 0 Å². The molecule has 1 fully saturated rings. The molecule has 0 spiro atoms. The van der Waals surface area contributed by atoms with E-state index in [1.54, 1.807) is 12.3 Å². The zero-order chi connectivity index (χ0) is 13.8. The van der Waals surface area contributed by atoms with Gasteiger partial charge in [0, 0.05) is 37.9 Å². The van der Waals surface area contributed by atoms with Gasteiger partial charge in [-0.3, -0.25) is 0 Å². The standard InChI is InChI=1S/C14H23FN4/c1-18(2)10-11-4-7-19(8-5-11)14-13(15)12(9-16)3-6-17-14/h3,6,11H,4-5,7-10,16H2,1-2H3. The van der Waals surface area contributed by atoms with E-state index in [-0.39, 0.29) is 12.4 Å². The Morgan fingerprint density at radius 2 is 2.11 bits per heavy atom. The Labute approximate surface area is 114 Å². The molecule has 1 aromatic rings. The topological polar surface area (TPSA) is 45.4 Å². The lowest BCUT2D eigenvalue weighted by molar-refractivity contribution is 0.284. The minimum atomic E-state index is -0.254. The fraction of sp³-hybridized carbons (Fsp3) is 0.643. The number of nitrogens with zero attached hydrogens (tertiary/aromatic N) is 3. The maximum atomic E-state index is 14.2. The van der Waals surface area contributed by atoms with Gasteiger partial charge in [0.1, 0.15) is 0 Å². The molecular formula is C14H23FN4. The second-order valence-corrected chi connectivity index (χ2v) is 5.50. The molecule has 19 heavy (non-hydrogen) atoms. The van der Waals surface area contributed by atoms with E-state index >= 15 is 0 Å². The van der Waals surface area contributed by atoms with Crippen LogP contribution in [0.4, 0.5) is 10.2 Å². The lowest BCUT2D eigenvalue weighted by Gasteiger charge is -2.34. The van der Waals surface area contributed by atoms with Crippen molar-refractivity contribution in [2.45, 2.75) is 19.4 Å². The molecule has 2 N–H and O–H groups in total. The van der Waals surface area contributed by atoms with Gasteiger partial charge in [-0.05, 0) is 38.9 Å². The molecule has 4 nitrogen and oxygen atoms in total. The number of piperidine rings is 1. The molecule has 1 aromatic heterocycles. The number of rotatable bonds is 4. The van der Waals surface area contributed by atoms with Crippen molar-refractivity contribution >= 4 is 5.82 Å². The van der Waals surface area contributed by atoms with Gasteiger partial charge in [-0.1, -0.05) is 0 Å². The molecule has 0 unspecified atom stereocenters. The van der Waals surface area contributed by atoms with Crippen molar-refractivity contribution in [3.63, 3.8) is 0 Å². The highest BCUT2D eigenvalue weighted by Crippen LogP contribution is 2.25. The smallest absolute Gasteiger partial charge is 0.170 e. The van der Waals surface area contributed by atoms with Crippen LogP contribution in [0.25, 0.3) is 0 Å². The SMILES string of the molecule is CN(C)CC1CCN(c2nccc(CN)c2F)CC1. The first-order valence-electron chi connectivity index (χ1n) is 6.85. The van der Waals surface area contributed by atoms with Gasteiger partial charge in [-0.25, -0.2) is 9.37 Å². The number of nitrogens with two attached hydrogens (primary N) is 1. The van der Waals surface area contributed by atoms with Crippen LogP contribution >= 0.6 is 0 Å². The number of hydrogen-bond acceptors (Lipinski definition) is 4. The third-order valence-electron chi connectivity index (χ3n) is 3.71. The molecule has 0 atom stereocenters. The Bertz CT molecular complexity index is 414. The molecule has 0 saturated carbocycles. The summed E-state index contributed by atoms with van der Waals surface area (Å²) >= 11 is 0. The molecule has 1 saturated heterocycles. The van der Waals surface area contributed by atoms with Crippen molar-refractivity contribution in [1.29, 1.82) is 0 Å². The molecule has 0 aliphatic carbocycles. The predicted octanol–water partition coefficient (Wildman–Crippen LogP) is 1.46. The molecule has 0 aromatic carbocycles. The van der Waals surface area contributed by atoms with Gasteiger partial charge >= 0.3 is 0 Å². The molecule has 0 amide bonds. The van der Waals surface area contributed by atoms with Crippen molar-refractivity contribution in [3.05, 3.63) is 23.6 Å². The van der Waals surface area contributed by atoms with Crippen molar-refractivity contribution in [2.24, 2.45) is 11.7 Å². The Balaban J connectivity index is 2.01. The van der Waals surface area contributed by atoms with Crippen molar-refractivity contribution in [1.82, 2.24) is 9.88 Å². The van der Waals surface area contributed by atoms with Gasteiger partial charge in [-0.15, -0.1) is 0 Å². The van der Waals surface area contributed by atoms with Crippen LogP contribution in [0.1, 0.15) is 18.4 Å². The van der Waals surface area contributed by atoms with Gasteiger partial charge in [0.2, 0.25) is 0 Å². The van der Waals surface area contributed by atoms with Crippen molar-refractivity contribution in [2.75, 3.05) is 38.6 Å². The van der Waals surface area contributed by atoms with Crippen LogP contribution in [-0.4, -0.2) is 43.6 Å². The molecule has 1 aliphatic rings. The monoisotopic (exact) mass is 266 g/mol. The Hall–Kier alpha value is -1.20. The van der Waals surface area contributed by atoms with E-state index < -0.39 is 0 Å². The summed E-state index contributed by atoms with van der Waals surface area (Å²) in [6.45, 7) is 3.07. The van der Waals surface area contributed by atoms with Crippen LogP contribution in [0.2, 0.25) is 0 Å². The van der Waals surface area contributed by atoms with E-state index in [1.165, 1.54) is 0 Å². The van der Waals surface area contributed by atoms with Crippen LogP contribution in [0, 0.1) is 11.7 Å². The first-order chi connectivity index (χ1) is 9.11. The molecule has 5 heteroatoms. The van der Waals surface area contributed by atoms with E-state index in [2.05, 4.69) is 24.0 Å². The summed E-state index contributed by atoms with van der Waals surface area (Å²) in [4.78, 5) is 8.44. The van der Waals surface area contributed by atoms with Crippen molar-refractivity contribution in [3.8, 4) is 0 Å². The lowest BCUT2D eigenvalue weighted by Crippen LogP contribution is -2.38. The molecular weight excluding hydrogens is 243 g/mol. The van der Waals surface area contributed by atoms with Gasteiger partial charge in [0.05, 0.1) is 0 Å². The van der Waals surface area contributed by atoms with E-state index in [0.717, 1.165) is 32.5 Å². The van der Waals surface area contributed by atoms with Crippen LogP contribution in [0.3, 0.4) is 0 Å². The summed E-state index contributed by atoms with van der Waals surface area (Å²) in [7, 11) is 4.19. The van der Waals surface area contributed by atoms with Gasteiger partial charge in [0.25, 0.3) is 0 Å². The Morgan fingerprint density at radius 1 is 1.42 bits per heavy atom. The van der Waals surface area contributed by atoms with E-state index in [9.17, 15) is 4.39 Å². The summed E-state index contributed by atoms with van der Waals surface area (Å²) in [6, 6.07) is 1.65. The van der Waals surface area contributed by atoms with Gasteiger partial charge < -0.3 is 15.5 Å². The molecule has 2 heterocycles. The fourth-order valence-electron chi connectivity index (χ4n) is 2.69. The number of hydrogen-bond donors (Lipinski definition) is 1. The normalized spacial score (nSPS) is 17.2. The number of halogens is 1. The van der Waals surface area contributed by atoms with Crippen molar-refractivity contribution < 1.29 is 4.39 Å². The fourth-order valence-corrected chi connectivity index (χ4v) is 2.69. The number of pyridine rings is 1. The van der Waals surface area contributed by atoms with Crippen LogP contribution in [0.5, 0.6) is 0 Å². The highest BCUT2D eigenvalue weighted by molar-refractivity contribution is 5.43. The molecule has 1 aliphatic heterocycles. The van der Waals surface area contributed by atoms with E-state index in [0.29, 0.717) is 17.3 Å². The first kappa shape index (κ1) is 14.2. The Morgan fingerprint density at radius 3 is 2.68 bits per heavy atom. The summed E-state index contributed by atoms with van der Waals surface area (Å²) < 4.78 is 14.2. The summed E-state index contributed by atoms with van der Waals surface area (Å²) in [5.41, 5.74) is 6.08. The number of anilines is 1. The largest absolute Gasteiger partial charge is 0.354 e. The highest BCUT2D eigenvalue weighted by Gasteiger charge is 2.23. The number of aromatic nitrogens is 1. The van der Waals surface area contributed by atoms with Gasteiger partial charge in [0.15, 0.2) is 11.6 Å². The zero-order valence-electron chi connectivity index (χ0n) is 11.8.